The molecule has 0 saturated heterocycles. The van der Waals surface area contributed by atoms with E-state index in [9.17, 15) is 0 Å². The molecular weight excluding hydrogens is 100 g/mol. The molecule has 0 rings (SSSR count). The highest BCUT2D eigenvalue weighted by atomic mass is 15.3. The smallest absolute Gasteiger partial charge is 0.0613 e. The Morgan fingerprint density at radius 2 is 1.25 bits per heavy atom. The topological polar surface area (TPSA) is 6.48 Å². The van der Waals surface area contributed by atoms with Crippen LogP contribution in [0.2, 0.25) is 0 Å². The van der Waals surface area contributed by atoms with Crippen molar-refractivity contribution in [2.45, 2.75) is 6.17 Å². The van der Waals surface area contributed by atoms with Gasteiger partial charge in [0.15, 0.2) is 0 Å². The van der Waals surface area contributed by atoms with E-state index in [1.807, 2.05) is 28.2 Å². The van der Waals surface area contributed by atoms with E-state index in [0.29, 0.717) is 0 Å². The number of hydrogen-bond donors (Lipinski definition) is 0. The highest BCUT2D eigenvalue weighted by molar-refractivity contribution is 4.63. The van der Waals surface area contributed by atoms with E-state index in [4.69, 9.17) is 0 Å². The molecule has 0 aliphatic heterocycles. The van der Waals surface area contributed by atoms with Crippen molar-refractivity contribution in [1.82, 2.24) is 9.80 Å². The molecule has 0 bridgehead atoms. The van der Waals surface area contributed by atoms with E-state index in [1.165, 1.54) is 0 Å². The first kappa shape index (κ1) is 7.92. The second kappa shape index (κ2) is 3.05. The molecule has 0 atom stereocenters. The van der Waals surface area contributed by atoms with Crippen LogP contribution in [-0.2, 0) is 0 Å². The number of nitrogens with zero attached hydrogens (tertiary/aromatic N) is 2. The van der Waals surface area contributed by atoms with Gasteiger partial charge in [-0.1, -0.05) is 0 Å². The van der Waals surface area contributed by atoms with Gasteiger partial charge in [0.25, 0.3) is 0 Å². The molecule has 0 aromatic rings. The molecule has 0 aliphatic rings. The second-order valence-electron chi connectivity index (χ2n) is 2.41. The third-order valence-electron chi connectivity index (χ3n) is 1.19. The fraction of sp³-hybridized carbons (Fsp3) is 0.833. The lowest BCUT2D eigenvalue weighted by atomic mass is 10.5. The lowest BCUT2D eigenvalue weighted by molar-refractivity contribution is 0.171. The Kier molecular flexibility index (Phi) is 3.02. The van der Waals surface area contributed by atoms with E-state index < -0.39 is 0 Å². The first-order valence-corrected chi connectivity index (χ1v) is 2.71. The monoisotopic (exact) mass is 115 g/mol. The van der Waals surface area contributed by atoms with Gasteiger partial charge >= 0.3 is 0 Å². The van der Waals surface area contributed by atoms with Crippen LogP contribution < -0.4 is 0 Å². The fourth-order valence-corrected chi connectivity index (χ4v) is 0.462. The van der Waals surface area contributed by atoms with Crippen molar-refractivity contribution >= 4 is 0 Å². The molecule has 0 spiro atoms. The first-order valence-electron chi connectivity index (χ1n) is 2.71. The highest BCUT2D eigenvalue weighted by Gasteiger charge is 2.04. The van der Waals surface area contributed by atoms with Crippen molar-refractivity contribution in [3.63, 3.8) is 0 Å². The maximum atomic E-state index is 3.89. The minimum absolute atomic E-state index is 0.287. The maximum absolute atomic E-state index is 3.89. The summed E-state index contributed by atoms with van der Waals surface area (Å²) < 4.78 is 0. The predicted octanol–water partition coefficient (Wildman–Crippen LogP) is 0.270. The average Bonchev–Trinajstić information content (AvgIpc) is 1.64. The van der Waals surface area contributed by atoms with Crippen molar-refractivity contribution in [3.05, 3.63) is 6.92 Å². The number of hydrogen-bond acceptors (Lipinski definition) is 2. The summed E-state index contributed by atoms with van der Waals surface area (Å²) in [6, 6.07) is 0. The lowest BCUT2D eigenvalue weighted by Crippen LogP contribution is -2.37. The van der Waals surface area contributed by atoms with Gasteiger partial charge in [-0.25, -0.2) is 0 Å². The van der Waals surface area contributed by atoms with E-state index in [1.54, 1.807) is 0 Å². The van der Waals surface area contributed by atoms with Gasteiger partial charge in [0.1, 0.15) is 0 Å². The predicted molar refractivity (Wildman–Crippen MR) is 36.5 cm³/mol. The van der Waals surface area contributed by atoms with Gasteiger partial charge < -0.3 is 0 Å². The molecule has 49 valence electrons. The largest absolute Gasteiger partial charge is 0.294 e. The van der Waals surface area contributed by atoms with Gasteiger partial charge in [-0.3, -0.25) is 9.80 Å². The van der Waals surface area contributed by atoms with E-state index in [2.05, 4.69) is 16.7 Å². The normalized spacial score (nSPS) is 12.0. The van der Waals surface area contributed by atoms with Crippen LogP contribution in [0.5, 0.6) is 0 Å². The summed E-state index contributed by atoms with van der Waals surface area (Å²) in [6.45, 7) is 3.89. The molecule has 0 aliphatic carbocycles. The minimum atomic E-state index is 0.287. The molecule has 0 heterocycles. The summed E-state index contributed by atoms with van der Waals surface area (Å²) in [7, 11) is 8.05. The zero-order chi connectivity index (χ0) is 6.73. The van der Waals surface area contributed by atoms with Gasteiger partial charge in [0.2, 0.25) is 0 Å². The summed E-state index contributed by atoms with van der Waals surface area (Å²) >= 11 is 0. The molecule has 0 unspecified atom stereocenters. The first-order chi connectivity index (χ1) is 3.55. The zero-order valence-electron chi connectivity index (χ0n) is 6.18. The molecule has 0 aromatic heterocycles. The Bertz CT molecular complexity index is 51.5. The van der Waals surface area contributed by atoms with Crippen LogP contribution >= 0.6 is 0 Å². The van der Waals surface area contributed by atoms with E-state index >= 15 is 0 Å². The van der Waals surface area contributed by atoms with Crippen molar-refractivity contribution in [1.29, 1.82) is 0 Å². The van der Waals surface area contributed by atoms with Crippen LogP contribution in [0.1, 0.15) is 0 Å². The maximum Gasteiger partial charge on any atom is 0.0613 e. The minimum Gasteiger partial charge on any atom is -0.294 e. The van der Waals surface area contributed by atoms with Crippen LogP contribution in [0.4, 0.5) is 0 Å². The van der Waals surface area contributed by atoms with Gasteiger partial charge in [0.05, 0.1) is 6.17 Å². The van der Waals surface area contributed by atoms with Crippen LogP contribution in [0.25, 0.3) is 0 Å². The van der Waals surface area contributed by atoms with Crippen LogP contribution in [0.15, 0.2) is 0 Å². The van der Waals surface area contributed by atoms with Gasteiger partial charge in [0, 0.05) is 0 Å². The summed E-state index contributed by atoms with van der Waals surface area (Å²) in [6.07, 6.45) is 0.287. The molecule has 0 N–H and O–H groups in total. The van der Waals surface area contributed by atoms with Gasteiger partial charge in [-0.15, -0.1) is 0 Å². The van der Waals surface area contributed by atoms with Gasteiger partial charge in [-0.2, -0.15) is 0 Å². The summed E-state index contributed by atoms with van der Waals surface area (Å²) in [5.74, 6) is 0. The van der Waals surface area contributed by atoms with Crippen molar-refractivity contribution in [3.8, 4) is 0 Å². The molecule has 2 nitrogen and oxygen atoms in total. The Labute approximate surface area is 52.1 Å². The standard InChI is InChI=1S/C6H15N2/c1-6(7(2)3)8(4)5/h6H,1H2,2-5H3. The summed E-state index contributed by atoms with van der Waals surface area (Å²) in [5.41, 5.74) is 0. The zero-order valence-corrected chi connectivity index (χ0v) is 6.18. The molecule has 1 radical (unpaired) electrons. The summed E-state index contributed by atoms with van der Waals surface area (Å²) in [5, 5.41) is 0. The molecule has 2 heteroatoms. The number of rotatable bonds is 2. The Morgan fingerprint density at radius 3 is 1.25 bits per heavy atom. The summed E-state index contributed by atoms with van der Waals surface area (Å²) in [4.78, 5) is 4.11. The van der Waals surface area contributed by atoms with E-state index in [0.717, 1.165) is 0 Å². The molecule has 0 amide bonds. The highest BCUT2D eigenvalue weighted by Crippen LogP contribution is 1.91. The van der Waals surface area contributed by atoms with Crippen molar-refractivity contribution in [2.75, 3.05) is 28.2 Å². The lowest BCUT2D eigenvalue weighted by Gasteiger charge is -2.25. The third kappa shape index (κ3) is 2.28. The van der Waals surface area contributed by atoms with Crippen LogP contribution in [-0.4, -0.2) is 44.2 Å². The Morgan fingerprint density at radius 1 is 1.00 bits per heavy atom. The quantitative estimate of drug-likeness (QED) is 0.477. The SMILES string of the molecule is [CH2]C(N(C)C)N(C)C. The van der Waals surface area contributed by atoms with Crippen LogP contribution in [0.3, 0.4) is 0 Å². The Hall–Kier alpha value is -0.0800. The molecule has 0 saturated carbocycles. The fourth-order valence-electron chi connectivity index (χ4n) is 0.462. The molecular formula is C6H15N2. The average molecular weight is 115 g/mol. The van der Waals surface area contributed by atoms with Crippen molar-refractivity contribution in [2.24, 2.45) is 0 Å². The van der Waals surface area contributed by atoms with Crippen LogP contribution in [0, 0.1) is 6.92 Å². The van der Waals surface area contributed by atoms with Gasteiger partial charge in [-0.05, 0) is 35.1 Å². The van der Waals surface area contributed by atoms with Crippen molar-refractivity contribution < 1.29 is 0 Å². The second-order valence-corrected chi connectivity index (χ2v) is 2.41. The molecule has 8 heavy (non-hydrogen) atoms. The van der Waals surface area contributed by atoms with E-state index in [-0.39, 0.29) is 6.17 Å². The third-order valence-corrected chi connectivity index (χ3v) is 1.19. The molecule has 0 fully saturated rings. The molecule has 0 aromatic carbocycles. The Balaban J connectivity index is 3.46.